The van der Waals surface area contributed by atoms with Crippen LogP contribution < -0.4 is 5.32 Å². The van der Waals surface area contributed by atoms with Gasteiger partial charge in [-0.1, -0.05) is 0 Å². The van der Waals surface area contributed by atoms with Gasteiger partial charge >= 0.3 is 0 Å². The van der Waals surface area contributed by atoms with Gasteiger partial charge in [-0.25, -0.2) is 9.97 Å². The summed E-state index contributed by atoms with van der Waals surface area (Å²) in [4.78, 5) is 11.1. The Labute approximate surface area is 130 Å². The molecule has 6 heteroatoms. The molecule has 1 aliphatic rings. The Balaban J connectivity index is 1.46. The van der Waals surface area contributed by atoms with Crippen LogP contribution in [-0.4, -0.2) is 39.1 Å². The first kappa shape index (κ1) is 14.5. The van der Waals surface area contributed by atoms with Crippen molar-refractivity contribution < 1.29 is 0 Å². The molecule has 0 amide bonds. The molecule has 114 valence electrons. The lowest BCUT2D eigenvalue weighted by molar-refractivity contribution is 0.307. The SMILES string of the molecule is Cn1ccnc1CN1CC[C@H](CNc2ccc(C#N)cn2)C1. The second kappa shape index (κ2) is 6.58. The van der Waals surface area contributed by atoms with Crippen LogP contribution >= 0.6 is 0 Å². The van der Waals surface area contributed by atoms with Gasteiger partial charge in [0.25, 0.3) is 0 Å². The van der Waals surface area contributed by atoms with Crippen LogP contribution in [0.1, 0.15) is 17.8 Å². The average Bonchev–Trinajstić information content (AvgIpc) is 3.16. The molecule has 0 unspecified atom stereocenters. The fourth-order valence-corrected chi connectivity index (χ4v) is 2.79. The van der Waals surface area contributed by atoms with Crippen LogP contribution in [-0.2, 0) is 13.6 Å². The smallest absolute Gasteiger partial charge is 0.125 e. The number of aromatic nitrogens is 3. The number of nitrogens with zero attached hydrogens (tertiary/aromatic N) is 5. The average molecular weight is 296 g/mol. The number of rotatable bonds is 5. The molecule has 0 saturated carbocycles. The Morgan fingerprint density at radius 3 is 3.00 bits per heavy atom. The lowest BCUT2D eigenvalue weighted by Gasteiger charge is -2.16. The second-order valence-corrected chi connectivity index (χ2v) is 5.77. The Hall–Kier alpha value is -2.39. The van der Waals surface area contributed by atoms with Gasteiger partial charge in [-0.2, -0.15) is 5.26 Å². The summed E-state index contributed by atoms with van der Waals surface area (Å²) in [6.45, 7) is 4.02. The van der Waals surface area contributed by atoms with E-state index in [1.807, 2.05) is 25.5 Å². The van der Waals surface area contributed by atoms with Crippen LogP contribution in [0.2, 0.25) is 0 Å². The third kappa shape index (κ3) is 3.43. The van der Waals surface area contributed by atoms with Crippen molar-refractivity contribution in [1.29, 1.82) is 5.26 Å². The minimum atomic E-state index is 0.590. The zero-order chi connectivity index (χ0) is 15.4. The fourth-order valence-electron chi connectivity index (χ4n) is 2.79. The van der Waals surface area contributed by atoms with E-state index < -0.39 is 0 Å². The highest BCUT2D eigenvalue weighted by molar-refractivity contribution is 5.38. The predicted molar refractivity (Wildman–Crippen MR) is 84.0 cm³/mol. The van der Waals surface area contributed by atoms with Crippen molar-refractivity contribution in [3.63, 3.8) is 0 Å². The van der Waals surface area contributed by atoms with Crippen LogP contribution in [0.15, 0.2) is 30.7 Å². The summed E-state index contributed by atoms with van der Waals surface area (Å²) < 4.78 is 2.08. The Kier molecular flexibility index (Phi) is 4.35. The van der Waals surface area contributed by atoms with Crippen molar-refractivity contribution in [2.75, 3.05) is 25.0 Å². The van der Waals surface area contributed by atoms with Crippen LogP contribution in [0.4, 0.5) is 5.82 Å². The number of hydrogen-bond donors (Lipinski definition) is 1. The van der Waals surface area contributed by atoms with Crippen LogP contribution in [0.25, 0.3) is 0 Å². The Morgan fingerprint density at radius 2 is 2.32 bits per heavy atom. The zero-order valence-electron chi connectivity index (χ0n) is 12.7. The summed E-state index contributed by atoms with van der Waals surface area (Å²) in [6.07, 6.45) is 6.63. The van der Waals surface area contributed by atoms with Gasteiger partial charge in [0.1, 0.15) is 17.7 Å². The highest BCUT2D eigenvalue weighted by atomic mass is 15.2. The van der Waals surface area contributed by atoms with Gasteiger partial charge in [0.15, 0.2) is 0 Å². The maximum atomic E-state index is 8.76. The van der Waals surface area contributed by atoms with E-state index in [1.165, 1.54) is 6.42 Å². The number of nitrogens with one attached hydrogen (secondary N) is 1. The molecule has 0 aliphatic carbocycles. The van der Waals surface area contributed by atoms with Crippen LogP contribution in [0, 0.1) is 17.2 Å². The van der Waals surface area contributed by atoms with Crippen molar-refractivity contribution in [3.8, 4) is 6.07 Å². The van der Waals surface area contributed by atoms with E-state index in [0.29, 0.717) is 11.5 Å². The molecule has 0 radical (unpaired) electrons. The molecule has 2 aromatic heterocycles. The fraction of sp³-hybridized carbons (Fsp3) is 0.438. The van der Waals surface area contributed by atoms with Crippen molar-refractivity contribution in [3.05, 3.63) is 42.1 Å². The van der Waals surface area contributed by atoms with E-state index in [-0.39, 0.29) is 0 Å². The highest BCUT2D eigenvalue weighted by Gasteiger charge is 2.23. The minimum Gasteiger partial charge on any atom is -0.370 e. The zero-order valence-corrected chi connectivity index (χ0v) is 12.7. The van der Waals surface area contributed by atoms with E-state index >= 15 is 0 Å². The van der Waals surface area contributed by atoms with Gasteiger partial charge in [0.05, 0.1) is 12.1 Å². The van der Waals surface area contributed by atoms with Gasteiger partial charge in [0, 0.05) is 38.7 Å². The summed E-state index contributed by atoms with van der Waals surface area (Å²) in [5.74, 6) is 2.57. The molecule has 6 nitrogen and oxygen atoms in total. The van der Waals surface area contributed by atoms with Gasteiger partial charge < -0.3 is 9.88 Å². The molecule has 0 aromatic carbocycles. The number of hydrogen-bond acceptors (Lipinski definition) is 5. The molecule has 3 rings (SSSR count). The first-order valence-corrected chi connectivity index (χ1v) is 7.53. The number of likely N-dealkylation sites (tertiary alicyclic amines) is 1. The van der Waals surface area contributed by atoms with Gasteiger partial charge in [0.2, 0.25) is 0 Å². The molecule has 2 aromatic rings. The number of pyridine rings is 1. The summed E-state index contributed by atoms with van der Waals surface area (Å²) in [5, 5.41) is 12.1. The summed E-state index contributed by atoms with van der Waals surface area (Å²) in [7, 11) is 2.04. The van der Waals surface area contributed by atoms with E-state index in [0.717, 1.165) is 37.8 Å². The maximum Gasteiger partial charge on any atom is 0.125 e. The normalized spacial score (nSPS) is 18.3. The van der Waals surface area contributed by atoms with E-state index in [9.17, 15) is 0 Å². The standard InChI is InChI=1S/C16H20N6/c1-21-7-5-18-16(21)12-22-6-4-14(11-22)10-20-15-3-2-13(8-17)9-19-15/h2-3,5,7,9,14H,4,6,10-12H2,1H3,(H,19,20)/t14-/m1/s1. The maximum absolute atomic E-state index is 8.76. The Bertz CT molecular complexity index is 654. The largest absolute Gasteiger partial charge is 0.370 e. The quantitative estimate of drug-likeness (QED) is 0.908. The molecular weight excluding hydrogens is 276 g/mol. The van der Waals surface area contributed by atoms with Crippen LogP contribution in [0.3, 0.4) is 0 Å². The molecule has 1 saturated heterocycles. The topological polar surface area (TPSA) is 69.8 Å². The minimum absolute atomic E-state index is 0.590. The molecular formula is C16H20N6. The van der Waals surface area contributed by atoms with Crippen molar-refractivity contribution >= 4 is 5.82 Å². The lowest BCUT2D eigenvalue weighted by atomic mass is 10.1. The van der Waals surface area contributed by atoms with Gasteiger partial charge in [-0.05, 0) is 31.0 Å². The third-order valence-electron chi connectivity index (χ3n) is 4.12. The number of imidazole rings is 1. The van der Waals surface area contributed by atoms with Gasteiger partial charge in [-0.15, -0.1) is 0 Å². The molecule has 1 fully saturated rings. The number of anilines is 1. The monoisotopic (exact) mass is 296 g/mol. The van der Waals surface area contributed by atoms with E-state index in [2.05, 4.69) is 30.8 Å². The molecule has 1 N–H and O–H groups in total. The van der Waals surface area contributed by atoms with Crippen molar-refractivity contribution in [2.24, 2.45) is 13.0 Å². The molecule has 1 atom stereocenters. The first-order chi connectivity index (χ1) is 10.7. The molecule has 3 heterocycles. The predicted octanol–water partition coefficient (Wildman–Crippen LogP) is 1.62. The van der Waals surface area contributed by atoms with Crippen molar-refractivity contribution in [2.45, 2.75) is 13.0 Å². The lowest BCUT2D eigenvalue weighted by Crippen LogP contribution is -2.24. The number of nitriles is 1. The second-order valence-electron chi connectivity index (χ2n) is 5.77. The molecule has 0 spiro atoms. The van der Waals surface area contributed by atoms with E-state index in [4.69, 9.17) is 5.26 Å². The van der Waals surface area contributed by atoms with E-state index in [1.54, 1.807) is 12.3 Å². The highest BCUT2D eigenvalue weighted by Crippen LogP contribution is 2.18. The molecule has 1 aliphatic heterocycles. The summed E-state index contributed by atoms with van der Waals surface area (Å²) >= 11 is 0. The van der Waals surface area contributed by atoms with Crippen LogP contribution in [0.5, 0.6) is 0 Å². The van der Waals surface area contributed by atoms with Gasteiger partial charge in [-0.3, -0.25) is 4.90 Å². The molecule has 22 heavy (non-hydrogen) atoms. The molecule has 0 bridgehead atoms. The number of aryl methyl sites for hydroxylation is 1. The summed E-state index contributed by atoms with van der Waals surface area (Å²) in [5.41, 5.74) is 0.590. The third-order valence-corrected chi connectivity index (χ3v) is 4.12. The summed E-state index contributed by atoms with van der Waals surface area (Å²) in [6, 6.07) is 5.73. The Morgan fingerprint density at radius 1 is 1.41 bits per heavy atom. The van der Waals surface area contributed by atoms with Crippen molar-refractivity contribution in [1.82, 2.24) is 19.4 Å². The first-order valence-electron chi connectivity index (χ1n) is 7.53.